The summed E-state index contributed by atoms with van der Waals surface area (Å²) >= 11 is 3.09. The van der Waals surface area contributed by atoms with Gasteiger partial charge in [-0.25, -0.2) is 4.39 Å². The largest absolute Gasteiger partial charge is 0.409 e. The number of rotatable bonds is 3. The first kappa shape index (κ1) is 14.3. The Bertz CT molecular complexity index is 728. The van der Waals surface area contributed by atoms with Crippen molar-refractivity contribution in [2.45, 2.75) is 6.54 Å². The zero-order chi connectivity index (χ0) is 14.7. The molecule has 0 aliphatic heterocycles. The van der Waals surface area contributed by atoms with Crippen LogP contribution in [0.5, 0.6) is 0 Å². The Balaban J connectivity index is 2.39. The van der Waals surface area contributed by atoms with Crippen molar-refractivity contribution in [1.29, 1.82) is 0 Å². The summed E-state index contributed by atoms with van der Waals surface area (Å²) in [6.45, 7) is 0.254. The number of pyridine rings is 1. The van der Waals surface area contributed by atoms with Gasteiger partial charge in [-0.15, -0.1) is 0 Å². The van der Waals surface area contributed by atoms with Gasteiger partial charge >= 0.3 is 0 Å². The molecule has 1 aromatic carbocycles. The number of nitrogens with zero attached hydrogens (tertiary/aromatic N) is 2. The maximum atomic E-state index is 13.2. The molecule has 0 saturated heterocycles. The summed E-state index contributed by atoms with van der Waals surface area (Å²) in [5.74, 6) is -0.615. The predicted octanol–water partition coefficient (Wildman–Crippen LogP) is 1.89. The van der Waals surface area contributed by atoms with E-state index in [1.54, 1.807) is 24.4 Å². The summed E-state index contributed by atoms with van der Waals surface area (Å²) in [7, 11) is 0. The number of benzene rings is 1. The van der Waals surface area contributed by atoms with E-state index < -0.39 is 0 Å². The lowest BCUT2D eigenvalue weighted by Gasteiger charge is -2.08. The van der Waals surface area contributed by atoms with E-state index in [4.69, 9.17) is 10.9 Å². The molecule has 0 unspecified atom stereocenters. The minimum absolute atomic E-state index is 0.108. The second-order valence-corrected chi connectivity index (χ2v) is 4.94. The van der Waals surface area contributed by atoms with E-state index >= 15 is 0 Å². The maximum Gasteiger partial charge on any atom is 0.261 e. The number of hydrogen-bond donors (Lipinski definition) is 2. The van der Waals surface area contributed by atoms with Crippen molar-refractivity contribution in [3.05, 3.63) is 68.3 Å². The minimum Gasteiger partial charge on any atom is -0.409 e. The van der Waals surface area contributed by atoms with Crippen LogP contribution in [0.15, 0.2) is 51.0 Å². The average Bonchev–Trinajstić information content (AvgIpc) is 2.44. The van der Waals surface area contributed by atoms with Crippen molar-refractivity contribution in [3.63, 3.8) is 0 Å². The fourth-order valence-corrected chi connectivity index (χ4v) is 2.17. The highest BCUT2D eigenvalue weighted by molar-refractivity contribution is 9.10. The fourth-order valence-electron chi connectivity index (χ4n) is 1.74. The van der Waals surface area contributed by atoms with Crippen molar-refractivity contribution in [2.24, 2.45) is 10.9 Å². The van der Waals surface area contributed by atoms with E-state index in [-0.39, 0.29) is 29.3 Å². The van der Waals surface area contributed by atoms with Crippen LogP contribution in [0.2, 0.25) is 0 Å². The molecule has 0 atom stereocenters. The Morgan fingerprint density at radius 1 is 1.45 bits per heavy atom. The summed E-state index contributed by atoms with van der Waals surface area (Å²) < 4.78 is 14.9. The van der Waals surface area contributed by atoms with E-state index in [1.165, 1.54) is 16.7 Å². The Labute approximate surface area is 122 Å². The summed E-state index contributed by atoms with van der Waals surface area (Å²) in [6.07, 6.45) is 1.58. The third-order valence-corrected chi connectivity index (χ3v) is 3.35. The minimum atomic E-state index is -0.386. The standard InChI is InChI=1S/C13H11BrFN3O2/c14-10-6-8(3-4-11(10)15)7-18-5-1-2-9(13(18)19)12(16)17-20/h1-6,20H,7H2,(H2,16,17). The molecular formula is C13H11BrFN3O2. The van der Waals surface area contributed by atoms with Gasteiger partial charge in [-0.2, -0.15) is 0 Å². The van der Waals surface area contributed by atoms with Crippen LogP contribution in [0.3, 0.4) is 0 Å². The Kier molecular flexibility index (Phi) is 4.19. The molecule has 104 valence electrons. The molecule has 0 aliphatic carbocycles. The van der Waals surface area contributed by atoms with Gasteiger partial charge in [0.2, 0.25) is 0 Å². The van der Waals surface area contributed by atoms with E-state index in [1.807, 2.05) is 0 Å². The first-order valence-electron chi connectivity index (χ1n) is 5.64. The molecule has 2 rings (SSSR count). The highest BCUT2D eigenvalue weighted by Crippen LogP contribution is 2.17. The van der Waals surface area contributed by atoms with Crippen molar-refractivity contribution < 1.29 is 9.60 Å². The van der Waals surface area contributed by atoms with Gasteiger partial charge in [-0.1, -0.05) is 11.2 Å². The van der Waals surface area contributed by atoms with Crippen molar-refractivity contribution in [1.82, 2.24) is 4.57 Å². The van der Waals surface area contributed by atoms with Gasteiger partial charge in [0, 0.05) is 6.20 Å². The molecule has 0 aliphatic rings. The Hall–Kier alpha value is -2.15. The zero-order valence-corrected chi connectivity index (χ0v) is 11.8. The van der Waals surface area contributed by atoms with Crippen molar-refractivity contribution >= 4 is 21.8 Å². The lowest BCUT2D eigenvalue weighted by molar-refractivity contribution is 0.318. The second-order valence-electron chi connectivity index (χ2n) is 4.09. The van der Waals surface area contributed by atoms with E-state index in [9.17, 15) is 9.18 Å². The zero-order valence-electron chi connectivity index (χ0n) is 10.3. The normalized spacial score (nSPS) is 11.6. The molecule has 3 N–H and O–H groups in total. The summed E-state index contributed by atoms with van der Waals surface area (Å²) in [5.41, 5.74) is 5.90. The highest BCUT2D eigenvalue weighted by atomic mass is 79.9. The lowest BCUT2D eigenvalue weighted by atomic mass is 10.2. The quantitative estimate of drug-likeness (QED) is 0.388. The van der Waals surface area contributed by atoms with E-state index in [2.05, 4.69) is 21.1 Å². The summed E-state index contributed by atoms with van der Waals surface area (Å²) in [6, 6.07) is 7.58. The molecule has 5 nitrogen and oxygen atoms in total. The number of halogens is 2. The van der Waals surface area contributed by atoms with Crippen molar-refractivity contribution in [2.75, 3.05) is 0 Å². The lowest BCUT2D eigenvalue weighted by Crippen LogP contribution is -2.29. The van der Waals surface area contributed by atoms with Gasteiger partial charge in [-0.3, -0.25) is 4.79 Å². The average molecular weight is 340 g/mol. The van der Waals surface area contributed by atoms with E-state index in [0.717, 1.165) is 5.56 Å². The van der Waals surface area contributed by atoms with Gasteiger partial charge in [-0.05, 0) is 45.8 Å². The molecular weight excluding hydrogens is 329 g/mol. The monoisotopic (exact) mass is 339 g/mol. The number of hydrogen-bond acceptors (Lipinski definition) is 3. The van der Waals surface area contributed by atoms with Crippen LogP contribution in [-0.2, 0) is 6.54 Å². The van der Waals surface area contributed by atoms with Crippen LogP contribution >= 0.6 is 15.9 Å². The van der Waals surface area contributed by atoms with Crippen LogP contribution in [0.4, 0.5) is 4.39 Å². The van der Waals surface area contributed by atoms with Gasteiger partial charge in [0.05, 0.1) is 16.6 Å². The van der Waals surface area contributed by atoms with Crippen LogP contribution in [0.1, 0.15) is 11.1 Å². The topological polar surface area (TPSA) is 80.6 Å². The molecule has 0 fully saturated rings. The van der Waals surface area contributed by atoms with Crippen molar-refractivity contribution in [3.8, 4) is 0 Å². The second kappa shape index (κ2) is 5.87. The third kappa shape index (κ3) is 2.88. The Morgan fingerprint density at radius 2 is 2.20 bits per heavy atom. The molecule has 2 aromatic rings. The molecule has 0 bridgehead atoms. The summed E-state index contributed by atoms with van der Waals surface area (Å²) in [5, 5.41) is 11.4. The number of nitrogens with two attached hydrogens (primary N) is 1. The predicted molar refractivity (Wildman–Crippen MR) is 76.4 cm³/mol. The number of oxime groups is 1. The number of aromatic nitrogens is 1. The third-order valence-electron chi connectivity index (χ3n) is 2.74. The Morgan fingerprint density at radius 3 is 2.85 bits per heavy atom. The molecule has 20 heavy (non-hydrogen) atoms. The maximum absolute atomic E-state index is 13.2. The molecule has 1 aromatic heterocycles. The van der Waals surface area contributed by atoms with Crippen LogP contribution in [-0.4, -0.2) is 15.6 Å². The SMILES string of the molecule is N/C(=N/O)c1cccn(Cc2ccc(F)c(Br)c2)c1=O. The smallest absolute Gasteiger partial charge is 0.261 e. The van der Waals surface area contributed by atoms with Gasteiger partial charge in [0.25, 0.3) is 5.56 Å². The number of amidine groups is 1. The van der Waals surface area contributed by atoms with E-state index in [0.29, 0.717) is 4.47 Å². The molecule has 7 heteroatoms. The molecule has 1 heterocycles. The van der Waals surface area contributed by atoms with Gasteiger partial charge < -0.3 is 15.5 Å². The molecule has 0 saturated carbocycles. The van der Waals surface area contributed by atoms with Crippen LogP contribution < -0.4 is 11.3 Å². The molecule has 0 radical (unpaired) electrons. The highest BCUT2D eigenvalue weighted by Gasteiger charge is 2.08. The first-order chi connectivity index (χ1) is 9.52. The molecule has 0 spiro atoms. The fraction of sp³-hybridized carbons (Fsp3) is 0.0769. The first-order valence-corrected chi connectivity index (χ1v) is 6.43. The molecule has 0 amide bonds. The van der Waals surface area contributed by atoms with Gasteiger partial charge in [0.1, 0.15) is 5.82 Å². The van der Waals surface area contributed by atoms with Gasteiger partial charge in [0.15, 0.2) is 5.84 Å². The van der Waals surface area contributed by atoms with Crippen LogP contribution in [0.25, 0.3) is 0 Å². The van der Waals surface area contributed by atoms with Crippen LogP contribution in [0, 0.1) is 5.82 Å². The summed E-state index contributed by atoms with van der Waals surface area (Å²) in [4.78, 5) is 12.1.